The van der Waals surface area contributed by atoms with Crippen LogP contribution in [0.25, 0.3) is 6.08 Å². The number of benzene rings is 2. The van der Waals surface area contributed by atoms with E-state index in [1.165, 1.54) is 0 Å². The molecule has 2 amide bonds. The van der Waals surface area contributed by atoms with Gasteiger partial charge in [0.05, 0.1) is 20.6 Å². The zero-order chi connectivity index (χ0) is 21.5. The molecule has 0 spiro atoms. The van der Waals surface area contributed by atoms with Crippen LogP contribution in [0.4, 0.5) is 0 Å². The molecule has 6 nitrogen and oxygen atoms in total. The summed E-state index contributed by atoms with van der Waals surface area (Å²) in [7, 11) is 3.17. The zero-order valence-corrected chi connectivity index (χ0v) is 17.9. The van der Waals surface area contributed by atoms with E-state index in [0.717, 1.165) is 11.1 Å². The van der Waals surface area contributed by atoms with E-state index >= 15 is 0 Å². The minimum Gasteiger partial charge on any atom is -0.497 e. The summed E-state index contributed by atoms with van der Waals surface area (Å²) >= 11 is 5.89. The van der Waals surface area contributed by atoms with E-state index < -0.39 is 0 Å². The van der Waals surface area contributed by atoms with Gasteiger partial charge in [0.2, 0.25) is 11.8 Å². The summed E-state index contributed by atoms with van der Waals surface area (Å²) in [5, 5.41) is 0.652. The fraction of sp³-hybridized carbons (Fsp3) is 0.304. The number of amides is 2. The van der Waals surface area contributed by atoms with Gasteiger partial charge < -0.3 is 19.3 Å². The molecule has 0 atom stereocenters. The predicted octanol–water partition coefficient (Wildman–Crippen LogP) is 3.28. The Kier molecular flexibility index (Phi) is 7.36. The van der Waals surface area contributed by atoms with Gasteiger partial charge in [-0.25, -0.2) is 0 Å². The molecule has 1 aliphatic heterocycles. The first-order chi connectivity index (χ1) is 14.5. The molecule has 7 heteroatoms. The molecule has 0 aliphatic carbocycles. The van der Waals surface area contributed by atoms with Gasteiger partial charge >= 0.3 is 0 Å². The number of piperazine rings is 1. The van der Waals surface area contributed by atoms with E-state index in [-0.39, 0.29) is 11.8 Å². The molecule has 0 saturated carbocycles. The highest BCUT2D eigenvalue weighted by Crippen LogP contribution is 2.23. The van der Waals surface area contributed by atoms with Crippen LogP contribution in [0.1, 0.15) is 11.1 Å². The monoisotopic (exact) mass is 428 g/mol. The number of ether oxygens (including phenoxy) is 2. The van der Waals surface area contributed by atoms with Gasteiger partial charge in [0.25, 0.3) is 0 Å². The minimum absolute atomic E-state index is 0.0587. The minimum atomic E-state index is -0.0819. The third-order valence-electron chi connectivity index (χ3n) is 5.00. The van der Waals surface area contributed by atoms with Crippen molar-refractivity contribution >= 4 is 29.5 Å². The van der Waals surface area contributed by atoms with Crippen LogP contribution in [0.15, 0.2) is 48.5 Å². The maximum atomic E-state index is 12.5. The summed E-state index contributed by atoms with van der Waals surface area (Å²) < 4.78 is 10.5. The van der Waals surface area contributed by atoms with E-state index in [9.17, 15) is 9.59 Å². The highest BCUT2D eigenvalue weighted by Gasteiger charge is 2.23. The third kappa shape index (κ3) is 5.76. The summed E-state index contributed by atoms with van der Waals surface area (Å²) in [6.45, 7) is 2.08. The van der Waals surface area contributed by atoms with Crippen molar-refractivity contribution in [3.8, 4) is 11.5 Å². The van der Waals surface area contributed by atoms with Crippen LogP contribution in [-0.4, -0.2) is 62.0 Å². The van der Waals surface area contributed by atoms with Crippen molar-refractivity contribution < 1.29 is 19.1 Å². The van der Waals surface area contributed by atoms with Gasteiger partial charge in [0.1, 0.15) is 11.5 Å². The van der Waals surface area contributed by atoms with Crippen molar-refractivity contribution in [1.29, 1.82) is 0 Å². The second kappa shape index (κ2) is 10.2. The Labute approximate surface area is 181 Å². The largest absolute Gasteiger partial charge is 0.497 e. The second-order valence-corrected chi connectivity index (χ2v) is 7.43. The van der Waals surface area contributed by atoms with E-state index in [1.54, 1.807) is 54.4 Å². The number of methoxy groups -OCH3 is 2. The van der Waals surface area contributed by atoms with Gasteiger partial charge in [-0.1, -0.05) is 23.7 Å². The molecule has 3 rings (SSSR count). The predicted molar refractivity (Wildman–Crippen MR) is 117 cm³/mol. The fourth-order valence-electron chi connectivity index (χ4n) is 3.26. The van der Waals surface area contributed by atoms with Crippen LogP contribution in [0.3, 0.4) is 0 Å². The topological polar surface area (TPSA) is 59.1 Å². The van der Waals surface area contributed by atoms with Gasteiger partial charge in [-0.2, -0.15) is 0 Å². The van der Waals surface area contributed by atoms with Crippen molar-refractivity contribution in [3.63, 3.8) is 0 Å². The van der Waals surface area contributed by atoms with Crippen molar-refractivity contribution in [1.82, 2.24) is 9.80 Å². The van der Waals surface area contributed by atoms with Gasteiger partial charge in [0, 0.05) is 43.3 Å². The molecule has 0 bridgehead atoms. The third-order valence-corrected chi connectivity index (χ3v) is 5.26. The number of rotatable bonds is 6. The Bertz CT molecular complexity index is 897. The van der Waals surface area contributed by atoms with Crippen molar-refractivity contribution in [2.24, 2.45) is 0 Å². The SMILES string of the molecule is COc1cc(/C=C/C(=O)N2CCN(C(=O)Cc3ccc(Cl)cc3)CC2)cc(OC)c1. The highest BCUT2D eigenvalue weighted by molar-refractivity contribution is 6.30. The zero-order valence-electron chi connectivity index (χ0n) is 17.1. The molecule has 1 heterocycles. The van der Waals surface area contributed by atoms with Gasteiger partial charge in [-0.3, -0.25) is 9.59 Å². The summed E-state index contributed by atoms with van der Waals surface area (Å²) in [5.41, 5.74) is 1.75. The lowest BCUT2D eigenvalue weighted by atomic mass is 10.1. The van der Waals surface area contributed by atoms with Crippen LogP contribution in [-0.2, 0) is 16.0 Å². The fourth-order valence-corrected chi connectivity index (χ4v) is 3.39. The number of carbonyl (C=O) groups is 2. The standard InChI is InChI=1S/C23H25ClN2O4/c1-29-20-13-18(14-21(16-20)30-2)5-8-22(27)25-9-11-26(12-10-25)23(28)15-17-3-6-19(24)7-4-17/h3-8,13-14,16H,9-12,15H2,1-2H3/b8-5+. The lowest BCUT2D eigenvalue weighted by molar-refractivity contribution is -0.136. The molecular weight excluding hydrogens is 404 g/mol. The lowest BCUT2D eigenvalue weighted by Crippen LogP contribution is -2.50. The van der Waals surface area contributed by atoms with E-state index in [2.05, 4.69) is 0 Å². The maximum Gasteiger partial charge on any atom is 0.246 e. The first kappa shape index (κ1) is 21.7. The van der Waals surface area contributed by atoms with Gasteiger partial charge in [-0.15, -0.1) is 0 Å². The summed E-state index contributed by atoms with van der Waals surface area (Å²) in [6.07, 6.45) is 3.62. The molecule has 2 aromatic rings. The van der Waals surface area contributed by atoms with Crippen molar-refractivity contribution in [3.05, 3.63) is 64.7 Å². The Morgan fingerprint density at radius 3 is 2.07 bits per heavy atom. The number of hydrogen-bond donors (Lipinski definition) is 0. The van der Waals surface area contributed by atoms with Crippen LogP contribution in [0.2, 0.25) is 5.02 Å². The first-order valence-corrected chi connectivity index (χ1v) is 10.1. The van der Waals surface area contributed by atoms with Crippen LogP contribution >= 0.6 is 11.6 Å². The quantitative estimate of drug-likeness (QED) is 0.662. The number of carbonyl (C=O) groups excluding carboxylic acids is 2. The molecule has 0 aromatic heterocycles. The molecule has 0 radical (unpaired) electrons. The first-order valence-electron chi connectivity index (χ1n) is 9.71. The normalized spacial score (nSPS) is 14.1. The number of hydrogen-bond acceptors (Lipinski definition) is 4. The molecule has 158 valence electrons. The van der Waals surface area contributed by atoms with Crippen LogP contribution in [0, 0.1) is 0 Å². The second-order valence-electron chi connectivity index (χ2n) is 6.99. The molecule has 2 aromatic carbocycles. The number of nitrogens with zero attached hydrogens (tertiary/aromatic N) is 2. The maximum absolute atomic E-state index is 12.5. The van der Waals surface area contributed by atoms with Gasteiger partial charge in [0.15, 0.2) is 0 Å². The lowest BCUT2D eigenvalue weighted by Gasteiger charge is -2.34. The molecule has 1 fully saturated rings. The smallest absolute Gasteiger partial charge is 0.246 e. The molecule has 1 aliphatic rings. The number of halogens is 1. The molecular formula is C23H25ClN2O4. The summed E-state index contributed by atoms with van der Waals surface area (Å²) in [6, 6.07) is 12.7. The summed E-state index contributed by atoms with van der Waals surface area (Å²) in [5.74, 6) is 1.30. The Hall–Kier alpha value is -2.99. The summed E-state index contributed by atoms with van der Waals surface area (Å²) in [4.78, 5) is 28.6. The Morgan fingerprint density at radius 2 is 1.50 bits per heavy atom. The molecule has 1 saturated heterocycles. The average molecular weight is 429 g/mol. The highest BCUT2D eigenvalue weighted by atomic mass is 35.5. The van der Waals surface area contributed by atoms with E-state index in [0.29, 0.717) is 49.1 Å². The Morgan fingerprint density at radius 1 is 0.933 bits per heavy atom. The Balaban J connectivity index is 1.53. The van der Waals surface area contributed by atoms with E-state index in [1.807, 2.05) is 24.3 Å². The van der Waals surface area contributed by atoms with Crippen LogP contribution in [0.5, 0.6) is 11.5 Å². The van der Waals surface area contributed by atoms with Gasteiger partial charge in [-0.05, 0) is 41.5 Å². The van der Waals surface area contributed by atoms with Crippen LogP contribution < -0.4 is 9.47 Å². The molecule has 0 unspecified atom stereocenters. The van der Waals surface area contributed by atoms with Crippen molar-refractivity contribution in [2.45, 2.75) is 6.42 Å². The molecule has 30 heavy (non-hydrogen) atoms. The van der Waals surface area contributed by atoms with Crippen molar-refractivity contribution in [2.75, 3.05) is 40.4 Å². The average Bonchev–Trinajstić information content (AvgIpc) is 2.78. The molecule has 0 N–H and O–H groups in total. The van der Waals surface area contributed by atoms with E-state index in [4.69, 9.17) is 21.1 Å².